The summed E-state index contributed by atoms with van der Waals surface area (Å²) >= 11 is 2.89. The molecule has 0 spiro atoms. The maximum absolute atomic E-state index is 13.7. The summed E-state index contributed by atoms with van der Waals surface area (Å²) in [7, 11) is 1.63. The number of imide groups is 1. The lowest BCUT2D eigenvalue weighted by molar-refractivity contribution is -0.143. The van der Waals surface area contributed by atoms with Crippen molar-refractivity contribution < 1.29 is 19.1 Å². The van der Waals surface area contributed by atoms with E-state index in [0.717, 1.165) is 33.2 Å². The molecule has 1 saturated heterocycles. The smallest absolute Gasteiger partial charge is 0.305 e. The molecule has 2 aromatic carbocycles. The molecule has 2 saturated carbocycles. The van der Waals surface area contributed by atoms with E-state index in [1.165, 1.54) is 16.2 Å². The number of rotatable bonds is 5. The number of nitrogens with zero attached hydrogens (tertiary/aromatic N) is 1. The van der Waals surface area contributed by atoms with Gasteiger partial charge in [-0.15, -0.1) is 11.8 Å². The lowest BCUT2D eigenvalue weighted by atomic mass is 9.68. The van der Waals surface area contributed by atoms with Crippen LogP contribution in [0.2, 0.25) is 0 Å². The standard InChI is InChI=1S/C29H27N3O5S2/c1-13-3-7-15(8-4-13)30-19(33)12-32-27(34)22-17-11-18(23(22)28(32)35)24-21(17)20(14-5-9-16(37-2)10-6-14)25-26(38-24)31-29(36)39-25/h3-10,17-18,20-24H,11-12H2,1-2H3,(H,30,33)(H,31,36)/t17?,18?,20-,21?,22?,23?,24?/m1/s1. The molecule has 2 N–H and O–H groups in total. The third kappa shape index (κ3) is 3.79. The van der Waals surface area contributed by atoms with Crippen LogP contribution < -0.4 is 14.9 Å². The summed E-state index contributed by atoms with van der Waals surface area (Å²) in [5.74, 6) is -0.817. The molecule has 8 nitrogen and oxygen atoms in total. The number of thiazole rings is 1. The Morgan fingerprint density at radius 3 is 2.41 bits per heavy atom. The molecule has 3 aromatic rings. The number of likely N-dealkylation sites (tertiary alicyclic amines) is 1. The molecule has 2 aliphatic heterocycles. The molecule has 6 unspecified atom stereocenters. The molecular weight excluding hydrogens is 534 g/mol. The minimum Gasteiger partial charge on any atom is -0.497 e. The second-order valence-electron chi connectivity index (χ2n) is 10.9. The van der Waals surface area contributed by atoms with Gasteiger partial charge in [-0.2, -0.15) is 0 Å². The lowest BCUT2D eigenvalue weighted by Gasteiger charge is -2.43. The van der Waals surface area contributed by atoms with Gasteiger partial charge in [-0.05, 0) is 60.9 Å². The van der Waals surface area contributed by atoms with Crippen molar-refractivity contribution in [1.82, 2.24) is 9.88 Å². The van der Waals surface area contributed by atoms with Crippen molar-refractivity contribution >= 4 is 46.5 Å². The van der Waals surface area contributed by atoms with Gasteiger partial charge in [-0.25, -0.2) is 0 Å². The molecule has 200 valence electrons. The Kier molecular flexibility index (Phi) is 5.75. The summed E-state index contributed by atoms with van der Waals surface area (Å²) in [6.45, 7) is 1.69. The molecule has 3 amide bonds. The number of H-pyrrole nitrogens is 1. The highest BCUT2D eigenvalue weighted by molar-refractivity contribution is 8.00. The number of carbonyl (C=O) groups is 3. The number of ether oxygens (including phenoxy) is 1. The van der Waals surface area contributed by atoms with Gasteiger partial charge in [0.15, 0.2) is 0 Å². The van der Waals surface area contributed by atoms with E-state index in [0.29, 0.717) is 5.69 Å². The zero-order valence-corrected chi connectivity index (χ0v) is 23.0. The molecule has 2 aliphatic carbocycles. The van der Waals surface area contributed by atoms with Crippen LogP contribution in [0, 0.1) is 36.5 Å². The molecular formula is C29H27N3O5S2. The van der Waals surface area contributed by atoms with Gasteiger partial charge in [-0.3, -0.25) is 24.1 Å². The predicted octanol–water partition coefficient (Wildman–Crippen LogP) is 3.87. The monoisotopic (exact) mass is 561 g/mol. The Balaban J connectivity index is 1.18. The summed E-state index contributed by atoms with van der Waals surface area (Å²) in [6.07, 6.45) is 0.810. The van der Waals surface area contributed by atoms with Crippen LogP contribution in [-0.4, -0.2) is 46.5 Å². The fraction of sp³-hybridized carbons (Fsp3) is 0.379. The largest absolute Gasteiger partial charge is 0.497 e. The number of hydrogen-bond donors (Lipinski definition) is 2. The zero-order valence-electron chi connectivity index (χ0n) is 21.4. The molecule has 2 bridgehead atoms. The Morgan fingerprint density at radius 2 is 1.72 bits per heavy atom. The first-order chi connectivity index (χ1) is 18.8. The van der Waals surface area contributed by atoms with E-state index in [2.05, 4.69) is 10.3 Å². The van der Waals surface area contributed by atoms with E-state index in [-0.39, 0.29) is 58.1 Å². The number of benzene rings is 2. The zero-order chi connectivity index (χ0) is 27.0. The van der Waals surface area contributed by atoms with E-state index in [4.69, 9.17) is 4.74 Å². The number of nitrogens with one attached hydrogen (secondary N) is 2. The third-order valence-corrected chi connectivity index (χ3v) is 11.5. The van der Waals surface area contributed by atoms with Crippen LogP contribution in [0.1, 0.15) is 28.3 Å². The number of amides is 3. The molecule has 10 heteroatoms. The maximum atomic E-state index is 13.7. The summed E-state index contributed by atoms with van der Waals surface area (Å²) in [5.41, 5.74) is 2.79. The van der Waals surface area contributed by atoms with Gasteiger partial charge in [0.25, 0.3) is 0 Å². The summed E-state index contributed by atoms with van der Waals surface area (Å²) in [4.78, 5) is 57.7. The van der Waals surface area contributed by atoms with Crippen molar-refractivity contribution in [3.8, 4) is 5.75 Å². The predicted molar refractivity (Wildman–Crippen MR) is 148 cm³/mol. The number of fused-ring (bicyclic) bond motifs is 9. The van der Waals surface area contributed by atoms with Gasteiger partial charge in [0.2, 0.25) is 17.7 Å². The number of thioether (sulfide) groups is 1. The Bertz CT molecular complexity index is 1550. The third-order valence-electron chi connectivity index (χ3n) is 8.93. The number of aromatic amines is 1. The van der Waals surface area contributed by atoms with Gasteiger partial charge in [-0.1, -0.05) is 41.2 Å². The van der Waals surface area contributed by atoms with E-state index in [1.807, 2.05) is 43.3 Å². The van der Waals surface area contributed by atoms with Crippen LogP contribution in [0.4, 0.5) is 5.69 Å². The first-order valence-electron chi connectivity index (χ1n) is 13.1. The van der Waals surface area contributed by atoms with E-state index < -0.39 is 11.8 Å². The van der Waals surface area contributed by atoms with Crippen molar-refractivity contribution in [2.45, 2.75) is 29.5 Å². The number of methoxy groups -OCH3 is 1. The van der Waals surface area contributed by atoms with E-state index in [9.17, 15) is 19.2 Å². The highest BCUT2D eigenvalue weighted by Gasteiger charge is 2.69. The van der Waals surface area contributed by atoms with Crippen LogP contribution in [0.3, 0.4) is 0 Å². The molecule has 3 heterocycles. The number of aromatic nitrogens is 1. The fourth-order valence-electron chi connectivity index (χ4n) is 7.40. The normalized spacial score (nSPS) is 30.2. The van der Waals surface area contributed by atoms with Crippen LogP contribution in [-0.2, 0) is 14.4 Å². The first kappa shape index (κ1) is 24.7. The molecule has 0 radical (unpaired) electrons. The van der Waals surface area contributed by atoms with Crippen molar-refractivity contribution in [1.29, 1.82) is 0 Å². The van der Waals surface area contributed by atoms with Crippen molar-refractivity contribution in [2.24, 2.45) is 29.6 Å². The van der Waals surface area contributed by atoms with Crippen LogP contribution >= 0.6 is 23.1 Å². The topological polar surface area (TPSA) is 109 Å². The number of aryl methyl sites for hydroxylation is 1. The minimum absolute atomic E-state index is 0.0107. The highest BCUT2D eigenvalue weighted by atomic mass is 32.2. The van der Waals surface area contributed by atoms with Gasteiger partial charge in [0.05, 0.1) is 24.0 Å². The van der Waals surface area contributed by atoms with Crippen molar-refractivity contribution in [3.63, 3.8) is 0 Å². The highest BCUT2D eigenvalue weighted by Crippen LogP contribution is 2.68. The summed E-state index contributed by atoms with van der Waals surface area (Å²) in [6, 6.07) is 15.3. The van der Waals surface area contributed by atoms with Gasteiger partial charge >= 0.3 is 4.87 Å². The average molecular weight is 562 g/mol. The minimum atomic E-state index is -0.422. The van der Waals surface area contributed by atoms with Gasteiger partial charge < -0.3 is 15.0 Å². The van der Waals surface area contributed by atoms with Gasteiger partial charge in [0.1, 0.15) is 12.3 Å². The van der Waals surface area contributed by atoms with E-state index >= 15 is 0 Å². The fourth-order valence-corrected chi connectivity index (χ4v) is 10.3. The number of carbonyl (C=O) groups excluding carboxylic acids is 3. The average Bonchev–Trinajstić information content (AvgIpc) is 3.66. The van der Waals surface area contributed by atoms with Crippen molar-refractivity contribution in [2.75, 3.05) is 19.0 Å². The number of anilines is 1. The molecule has 1 aromatic heterocycles. The second-order valence-corrected chi connectivity index (χ2v) is 13.1. The number of hydrogen-bond acceptors (Lipinski definition) is 7. The molecule has 7 rings (SSSR count). The Hall–Kier alpha value is -3.37. The second kappa shape index (κ2) is 9.09. The first-order valence-corrected chi connectivity index (χ1v) is 14.8. The maximum Gasteiger partial charge on any atom is 0.305 e. The van der Waals surface area contributed by atoms with Gasteiger partial charge in [0, 0.05) is 21.7 Å². The molecule has 7 atom stereocenters. The molecule has 39 heavy (non-hydrogen) atoms. The quantitative estimate of drug-likeness (QED) is 0.458. The van der Waals surface area contributed by atoms with Crippen LogP contribution in [0.15, 0.2) is 58.4 Å². The Morgan fingerprint density at radius 1 is 1.03 bits per heavy atom. The van der Waals surface area contributed by atoms with Crippen molar-refractivity contribution in [3.05, 3.63) is 74.2 Å². The summed E-state index contributed by atoms with van der Waals surface area (Å²) < 4.78 is 5.36. The molecule has 4 aliphatic rings. The summed E-state index contributed by atoms with van der Waals surface area (Å²) in [5, 5.41) is 3.80. The van der Waals surface area contributed by atoms with Crippen LogP contribution in [0.5, 0.6) is 5.75 Å². The van der Waals surface area contributed by atoms with E-state index in [1.54, 1.807) is 31.0 Å². The molecule has 3 fully saturated rings. The SMILES string of the molecule is COc1ccc([C@H]2c3sc(=O)[nH]c3SC3C4CC(C5C(=O)N(CC(=O)Nc6ccc(C)cc6)C(=O)C45)C32)cc1. The van der Waals surface area contributed by atoms with Crippen LogP contribution in [0.25, 0.3) is 0 Å². The lowest BCUT2D eigenvalue weighted by Crippen LogP contribution is -2.42. The Labute approximate surface area is 233 Å².